The summed E-state index contributed by atoms with van der Waals surface area (Å²) in [7, 11) is 1.94. The standard InChI is InChI=1S/C9H16N4/c1-9(10)6-13(7-9)5-8-3-4-12(2)11-8/h3-4H,5-7,10H2,1-2H3. The highest BCUT2D eigenvalue weighted by molar-refractivity contribution is 5.03. The van der Waals surface area contributed by atoms with Crippen molar-refractivity contribution in [2.24, 2.45) is 12.8 Å². The number of rotatable bonds is 2. The lowest BCUT2D eigenvalue weighted by Gasteiger charge is -2.45. The van der Waals surface area contributed by atoms with E-state index in [4.69, 9.17) is 5.73 Å². The Bertz CT molecular complexity index is 294. The van der Waals surface area contributed by atoms with Gasteiger partial charge in [0.15, 0.2) is 0 Å². The summed E-state index contributed by atoms with van der Waals surface area (Å²) in [6, 6.07) is 2.05. The Kier molecular flexibility index (Phi) is 1.89. The van der Waals surface area contributed by atoms with E-state index in [9.17, 15) is 0 Å². The van der Waals surface area contributed by atoms with Gasteiger partial charge in [0.2, 0.25) is 0 Å². The van der Waals surface area contributed by atoms with E-state index in [1.165, 1.54) is 0 Å². The van der Waals surface area contributed by atoms with Crippen LogP contribution < -0.4 is 5.73 Å². The molecule has 1 aliphatic heterocycles. The number of aromatic nitrogens is 2. The molecular weight excluding hydrogens is 164 g/mol. The Labute approximate surface area is 78.3 Å². The molecule has 0 radical (unpaired) electrons. The molecule has 13 heavy (non-hydrogen) atoms. The quantitative estimate of drug-likeness (QED) is 0.694. The van der Waals surface area contributed by atoms with Crippen molar-refractivity contribution in [2.75, 3.05) is 13.1 Å². The Balaban J connectivity index is 1.87. The van der Waals surface area contributed by atoms with Crippen molar-refractivity contribution in [3.05, 3.63) is 18.0 Å². The van der Waals surface area contributed by atoms with Gasteiger partial charge in [-0.1, -0.05) is 0 Å². The van der Waals surface area contributed by atoms with Gasteiger partial charge in [0.1, 0.15) is 0 Å². The van der Waals surface area contributed by atoms with Crippen LogP contribution >= 0.6 is 0 Å². The van der Waals surface area contributed by atoms with Gasteiger partial charge >= 0.3 is 0 Å². The first-order chi connectivity index (χ1) is 6.05. The summed E-state index contributed by atoms with van der Waals surface area (Å²) >= 11 is 0. The molecule has 2 rings (SSSR count). The van der Waals surface area contributed by atoms with Gasteiger partial charge in [-0.15, -0.1) is 0 Å². The summed E-state index contributed by atoms with van der Waals surface area (Å²) in [6.45, 7) is 4.96. The van der Waals surface area contributed by atoms with Crippen LogP contribution in [-0.2, 0) is 13.6 Å². The second-order valence-electron chi connectivity index (χ2n) is 4.28. The van der Waals surface area contributed by atoms with Crippen LogP contribution in [0.25, 0.3) is 0 Å². The molecule has 2 heterocycles. The van der Waals surface area contributed by atoms with Gasteiger partial charge in [0.05, 0.1) is 5.69 Å². The van der Waals surface area contributed by atoms with Crippen LogP contribution in [0.15, 0.2) is 12.3 Å². The maximum atomic E-state index is 5.90. The SMILES string of the molecule is Cn1ccc(CN2CC(C)(N)C2)n1. The highest BCUT2D eigenvalue weighted by Gasteiger charge is 2.34. The normalized spacial score (nSPS) is 21.5. The molecule has 0 aromatic carbocycles. The van der Waals surface area contributed by atoms with Crippen molar-refractivity contribution >= 4 is 0 Å². The van der Waals surface area contributed by atoms with E-state index in [0.717, 1.165) is 25.3 Å². The minimum absolute atomic E-state index is 0.0226. The Morgan fingerprint density at radius 1 is 1.62 bits per heavy atom. The number of hydrogen-bond acceptors (Lipinski definition) is 3. The lowest BCUT2D eigenvalue weighted by molar-refractivity contribution is 0.0750. The molecule has 1 aromatic rings. The van der Waals surface area contributed by atoms with Crippen molar-refractivity contribution in [1.82, 2.24) is 14.7 Å². The van der Waals surface area contributed by atoms with E-state index in [-0.39, 0.29) is 5.54 Å². The van der Waals surface area contributed by atoms with E-state index in [1.807, 2.05) is 24.0 Å². The summed E-state index contributed by atoms with van der Waals surface area (Å²) in [5, 5.41) is 4.31. The molecule has 0 saturated carbocycles. The fraction of sp³-hybridized carbons (Fsp3) is 0.667. The monoisotopic (exact) mass is 180 g/mol. The third-order valence-electron chi connectivity index (χ3n) is 2.32. The zero-order valence-corrected chi connectivity index (χ0v) is 8.20. The number of hydrogen-bond donors (Lipinski definition) is 1. The molecule has 0 aliphatic carbocycles. The Morgan fingerprint density at radius 2 is 2.31 bits per heavy atom. The summed E-state index contributed by atoms with van der Waals surface area (Å²) < 4.78 is 1.83. The average molecular weight is 180 g/mol. The first-order valence-electron chi connectivity index (χ1n) is 4.55. The molecule has 1 saturated heterocycles. The molecule has 4 heteroatoms. The predicted molar refractivity (Wildman–Crippen MR) is 51.1 cm³/mol. The minimum atomic E-state index is 0.0226. The summed E-state index contributed by atoms with van der Waals surface area (Å²) in [5.41, 5.74) is 7.05. The summed E-state index contributed by atoms with van der Waals surface area (Å²) in [6.07, 6.45) is 1.97. The van der Waals surface area contributed by atoms with E-state index in [0.29, 0.717) is 0 Å². The molecule has 2 N–H and O–H groups in total. The summed E-state index contributed by atoms with van der Waals surface area (Å²) in [5.74, 6) is 0. The maximum Gasteiger partial charge on any atom is 0.0764 e. The molecular formula is C9H16N4. The van der Waals surface area contributed by atoms with Crippen LogP contribution in [-0.4, -0.2) is 33.3 Å². The molecule has 72 valence electrons. The maximum absolute atomic E-state index is 5.90. The van der Waals surface area contributed by atoms with E-state index >= 15 is 0 Å². The molecule has 1 aromatic heterocycles. The third kappa shape index (κ3) is 1.89. The minimum Gasteiger partial charge on any atom is -0.323 e. The van der Waals surface area contributed by atoms with Crippen LogP contribution in [0.2, 0.25) is 0 Å². The molecule has 0 unspecified atom stereocenters. The molecule has 1 fully saturated rings. The smallest absolute Gasteiger partial charge is 0.0764 e. The fourth-order valence-electron chi connectivity index (χ4n) is 1.86. The Hall–Kier alpha value is -0.870. The number of likely N-dealkylation sites (tertiary alicyclic amines) is 1. The summed E-state index contributed by atoms with van der Waals surface area (Å²) in [4.78, 5) is 2.31. The van der Waals surface area contributed by atoms with E-state index in [2.05, 4.69) is 16.9 Å². The van der Waals surface area contributed by atoms with Crippen molar-refractivity contribution < 1.29 is 0 Å². The predicted octanol–water partition coefficient (Wildman–Crippen LogP) is -0.0469. The molecule has 0 spiro atoms. The molecule has 0 atom stereocenters. The fourth-order valence-corrected chi connectivity index (χ4v) is 1.86. The van der Waals surface area contributed by atoms with Gasteiger partial charge in [-0.3, -0.25) is 9.58 Å². The zero-order valence-electron chi connectivity index (χ0n) is 8.20. The lowest BCUT2D eigenvalue weighted by Crippen LogP contribution is -2.64. The number of nitrogens with zero attached hydrogens (tertiary/aromatic N) is 3. The number of aryl methyl sites for hydroxylation is 1. The van der Waals surface area contributed by atoms with E-state index in [1.54, 1.807) is 0 Å². The van der Waals surface area contributed by atoms with Gasteiger partial charge in [-0.05, 0) is 13.0 Å². The average Bonchev–Trinajstić information content (AvgIpc) is 2.31. The van der Waals surface area contributed by atoms with Gasteiger partial charge < -0.3 is 5.73 Å². The van der Waals surface area contributed by atoms with Crippen molar-refractivity contribution in [3.8, 4) is 0 Å². The lowest BCUT2D eigenvalue weighted by atomic mass is 9.94. The van der Waals surface area contributed by atoms with Gasteiger partial charge in [0, 0.05) is 38.4 Å². The van der Waals surface area contributed by atoms with Crippen molar-refractivity contribution in [1.29, 1.82) is 0 Å². The van der Waals surface area contributed by atoms with Gasteiger partial charge in [0.25, 0.3) is 0 Å². The molecule has 0 bridgehead atoms. The van der Waals surface area contributed by atoms with E-state index < -0.39 is 0 Å². The molecule has 0 amide bonds. The number of nitrogens with two attached hydrogens (primary N) is 1. The van der Waals surface area contributed by atoms with Crippen LogP contribution in [0.5, 0.6) is 0 Å². The topological polar surface area (TPSA) is 47.1 Å². The van der Waals surface area contributed by atoms with Crippen LogP contribution in [0, 0.1) is 0 Å². The first-order valence-corrected chi connectivity index (χ1v) is 4.55. The first kappa shape index (κ1) is 8.72. The largest absolute Gasteiger partial charge is 0.323 e. The van der Waals surface area contributed by atoms with Crippen molar-refractivity contribution in [3.63, 3.8) is 0 Å². The highest BCUT2D eigenvalue weighted by Crippen LogP contribution is 2.18. The zero-order chi connectivity index (χ0) is 9.47. The van der Waals surface area contributed by atoms with Gasteiger partial charge in [-0.25, -0.2) is 0 Å². The molecule has 1 aliphatic rings. The van der Waals surface area contributed by atoms with Crippen LogP contribution in [0.3, 0.4) is 0 Å². The third-order valence-corrected chi connectivity index (χ3v) is 2.32. The Morgan fingerprint density at radius 3 is 2.77 bits per heavy atom. The van der Waals surface area contributed by atoms with Crippen molar-refractivity contribution in [2.45, 2.75) is 19.0 Å². The second kappa shape index (κ2) is 2.82. The second-order valence-corrected chi connectivity index (χ2v) is 4.28. The van der Waals surface area contributed by atoms with Gasteiger partial charge in [-0.2, -0.15) is 5.10 Å². The van der Waals surface area contributed by atoms with Crippen LogP contribution in [0.4, 0.5) is 0 Å². The highest BCUT2D eigenvalue weighted by atomic mass is 15.3. The van der Waals surface area contributed by atoms with Crippen LogP contribution in [0.1, 0.15) is 12.6 Å². The molecule has 4 nitrogen and oxygen atoms in total.